The molecule has 0 spiro atoms. The largest absolute Gasteiger partial charge is 0.506 e. The molecule has 3 aromatic carbocycles. The Hall–Kier alpha value is -2.13. The average Bonchev–Trinajstić information content (AvgIpc) is 2.75. The first-order valence-corrected chi connectivity index (χ1v) is 11.4. The molecule has 1 amide bonds. The second-order valence-corrected chi connectivity index (χ2v) is 8.58. The molecule has 0 aliphatic heterocycles. The second kappa shape index (κ2) is 10.9. The zero-order chi connectivity index (χ0) is 22.4. The Morgan fingerprint density at radius 3 is 2.61 bits per heavy atom. The predicted octanol–water partition coefficient (Wildman–Crippen LogP) is 6.15. The molecule has 0 aliphatic carbocycles. The molecular formula is C23H23Br2NO5. The molecule has 0 saturated heterocycles. The molecule has 3 aromatic rings. The number of fused-ring (bicyclic) bond motifs is 1. The number of aliphatic hydroxyl groups excluding tert-OH is 1. The van der Waals surface area contributed by atoms with Gasteiger partial charge in [-0.15, -0.1) is 0 Å². The number of anilines is 1. The van der Waals surface area contributed by atoms with Gasteiger partial charge in [-0.3, -0.25) is 5.32 Å². The summed E-state index contributed by atoms with van der Waals surface area (Å²) in [6, 6.07) is 16.6. The number of hydrogen-bond donors (Lipinski definition) is 3. The number of aliphatic hydroxyl groups is 1. The standard InChI is InChI=1S/C23H23Br2NO5/c1-2-30-20(10-11-27)22(17-12-15(24)13-18(25)21(17)28)31-23(29)26-19-9-5-7-14-6-3-4-8-16(14)19/h3-9,12-13,20,22,27-28H,2,10-11H2,1H3,(H,26,29)/t20-,22-/m1/s1. The van der Waals surface area contributed by atoms with Gasteiger partial charge >= 0.3 is 6.09 Å². The molecule has 8 heteroatoms. The Morgan fingerprint density at radius 2 is 1.87 bits per heavy atom. The smallest absolute Gasteiger partial charge is 0.412 e. The summed E-state index contributed by atoms with van der Waals surface area (Å²) in [5.41, 5.74) is 0.970. The lowest BCUT2D eigenvalue weighted by atomic mass is 10.0. The summed E-state index contributed by atoms with van der Waals surface area (Å²) in [6.45, 7) is 2.01. The van der Waals surface area contributed by atoms with Gasteiger partial charge in [0, 0.05) is 35.1 Å². The fourth-order valence-electron chi connectivity index (χ4n) is 3.39. The van der Waals surface area contributed by atoms with Crippen LogP contribution in [-0.2, 0) is 9.47 Å². The lowest BCUT2D eigenvalue weighted by Gasteiger charge is -2.28. The van der Waals surface area contributed by atoms with Crippen molar-refractivity contribution >= 4 is 54.4 Å². The van der Waals surface area contributed by atoms with Gasteiger partial charge in [0.2, 0.25) is 0 Å². The van der Waals surface area contributed by atoms with E-state index in [9.17, 15) is 15.0 Å². The highest BCUT2D eigenvalue weighted by molar-refractivity contribution is 9.11. The van der Waals surface area contributed by atoms with Crippen LogP contribution in [0.4, 0.5) is 10.5 Å². The van der Waals surface area contributed by atoms with Gasteiger partial charge in [-0.1, -0.05) is 52.3 Å². The van der Waals surface area contributed by atoms with Crippen molar-refractivity contribution in [3.8, 4) is 5.75 Å². The van der Waals surface area contributed by atoms with E-state index in [4.69, 9.17) is 9.47 Å². The summed E-state index contributed by atoms with van der Waals surface area (Å²) in [5, 5.41) is 24.8. The number of nitrogens with one attached hydrogen (secondary N) is 1. The van der Waals surface area contributed by atoms with Crippen LogP contribution >= 0.6 is 31.9 Å². The van der Waals surface area contributed by atoms with E-state index in [2.05, 4.69) is 37.2 Å². The number of aromatic hydroxyl groups is 1. The number of carbonyl (C=O) groups excluding carboxylic acids is 1. The number of phenolic OH excluding ortho intramolecular Hbond substituents is 1. The van der Waals surface area contributed by atoms with Gasteiger partial charge in [0.25, 0.3) is 0 Å². The highest BCUT2D eigenvalue weighted by atomic mass is 79.9. The Labute approximate surface area is 197 Å². The van der Waals surface area contributed by atoms with Crippen molar-refractivity contribution in [1.29, 1.82) is 0 Å². The molecule has 0 bridgehead atoms. The van der Waals surface area contributed by atoms with Crippen LogP contribution in [-0.4, -0.2) is 35.6 Å². The minimum absolute atomic E-state index is 0.0613. The molecule has 0 fully saturated rings. The van der Waals surface area contributed by atoms with Gasteiger partial charge in [0.1, 0.15) is 11.9 Å². The van der Waals surface area contributed by atoms with Crippen molar-refractivity contribution in [2.24, 2.45) is 0 Å². The van der Waals surface area contributed by atoms with E-state index in [1.807, 2.05) is 43.3 Å². The van der Waals surface area contributed by atoms with Gasteiger partial charge in [0.05, 0.1) is 10.2 Å². The summed E-state index contributed by atoms with van der Waals surface area (Å²) in [6.07, 6.45) is -2.07. The first kappa shape index (κ1) is 23.5. The van der Waals surface area contributed by atoms with E-state index in [-0.39, 0.29) is 18.8 Å². The quantitative estimate of drug-likeness (QED) is 0.312. The average molecular weight is 553 g/mol. The number of amides is 1. The van der Waals surface area contributed by atoms with Gasteiger partial charge in [-0.05, 0) is 46.4 Å². The molecule has 3 rings (SSSR count). The summed E-state index contributed by atoms with van der Waals surface area (Å²) >= 11 is 6.72. The zero-order valence-corrected chi connectivity index (χ0v) is 20.0. The molecule has 0 aliphatic rings. The third-order valence-corrected chi connectivity index (χ3v) is 5.82. The van der Waals surface area contributed by atoms with Crippen LogP contribution in [0.2, 0.25) is 0 Å². The number of ether oxygens (including phenoxy) is 2. The van der Waals surface area contributed by atoms with Crippen LogP contribution in [0.3, 0.4) is 0 Å². The first-order chi connectivity index (χ1) is 14.9. The molecule has 2 atom stereocenters. The summed E-state index contributed by atoms with van der Waals surface area (Å²) in [5.74, 6) is -0.0613. The first-order valence-electron chi connectivity index (χ1n) is 9.80. The van der Waals surface area contributed by atoms with E-state index in [0.717, 1.165) is 10.8 Å². The van der Waals surface area contributed by atoms with Gasteiger partial charge < -0.3 is 19.7 Å². The van der Waals surface area contributed by atoms with E-state index in [1.54, 1.807) is 18.2 Å². The molecule has 0 unspecified atom stereocenters. The molecule has 0 radical (unpaired) electrons. The number of hydrogen-bond acceptors (Lipinski definition) is 5. The van der Waals surface area contributed by atoms with Crippen molar-refractivity contribution in [2.75, 3.05) is 18.5 Å². The summed E-state index contributed by atoms with van der Waals surface area (Å²) in [4.78, 5) is 12.9. The fraction of sp³-hybridized carbons (Fsp3) is 0.261. The highest BCUT2D eigenvalue weighted by Gasteiger charge is 2.31. The molecule has 0 heterocycles. The number of carbonyl (C=O) groups is 1. The van der Waals surface area contributed by atoms with Crippen LogP contribution in [0.15, 0.2) is 63.5 Å². The van der Waals surface area contributed by atoms with Crippen molar-refractivity contribution < 1.29 is 24.5 Å². The molecule has 3 N–H and O–H groups in total. The van der Waals surface area contributed by atoms with Crippen LogP contribution in [0, 0.1) is 0 Å². The number of phenols is 1. The fourth-order valence-corrected chi connectivity index (χ4v) is 4.65. The monoisotopic (exact) mass is 551 g/mol. The lowest BCUT2D eigenvalue weighted by Crippen LogP contribution is -2.30. The predicted molar refractivity (Wildman–Crippen MR) is 127 cm³/mol. The zero-order valence-electron chi connectivity index (χ0n) is 16.8. The highest BCUT2D eigenvalue weighted by Crippen LogP contribution is 2.39. The van der Waals surface area contributed by atoms with Crippen molar-refractivity contribution in [2.45, 2.75) is 25.6 Å². The maximum atomic E-state index is 12.9. The maximum Gasteiger partial charge on any atom is 0.412 e. The van der Waals surface area contributed by atoms with E-state index in [1.165, 1.54) is 0 Å². The summed E-state index contributed by atoms with van der Waals surface area (Å²) < 4.78 is 12.6. The summed E-state index contributed by atoms with van der Waals surface area (Å²) in [7, 11) is 0. The van der Waals surface area contributed by atoms with Crippen LogP contribution in [0.1, 0.15) is 25.0 Å². The molecule has 0 aromatic heterocycles. The van der Waals surface area contributed by atoms with Crippen molar-refractivity contribution in [3.05, 3.63) is 69.1 Å². The van der Waals surface area contributed by atoms with Gasteiger partial charge in [-0.2, -0.15) is 0 Å². The minimum atomic E-state index is -0.948. The third-order valence-electron chi connectivity index (χ3n) is 4.76. The SMILES string of the molecule is CCO[C@H](CCO)[C@H](OC(=O)Nc1cccc2ccccc12)c1cc(Br)cc(Br)c1O. The molecule has 6 nitrogen and oxygen atoms in total. The number of rotatable bonds is 8. The third kappa shape index (κ3) is 5.77. The Bertz CT molecular complexity index is 1050. The lowest BCUT2D eigenvalue weighted by molar-refractivity contribution is -0.0491. The van der Waals surface area contributed by atoms with Crippen molar-refractivity contribution in [3.63, 3.8) is 0 Å². The molecule has 164 valence electrons. The molecule has 31 heavy (non-hydrogen) atoms. The second-order valence-electron chi connectivity index (χ2n) is 6.81. The van der Waals surface area contributed by atoms with Gasteiger partial charge in [0.15, 0.2) is 6.10 Å². The number of benzene rings is 3. The Morgan fingerprint density at radius 1 is 1.13 bits per heavy atom. The van der Waals surface area contributed by atoms with Crippen LogP contribution < -0.4 is 5.32 Å². The normalized spacial score (nSPS) is 13.0. The van der Waals surface area contributed by atoms with Crippen LogP contribution in [0.5, 0.6) is 5.75 Å². The number of halogens is 2. The maximum absolute atomic E-state index is 12.9. The van der Waals surface area contributed by atoms with E-state index >= 15 is 0 Å². The van der Waals surface area contributed by atoms with E-state index < -0.39 is 18.3 Å². The Kier molecular flexibility index (Phi) is 8.31. The topological polar surface area (TPSA) is 88.0 Å². The Balaban J connectivity index is 1.93. The van der Waals surface area contributed by atoms with E-state index in [0.29, 0.717) is 26.8 Å². The minimum Gasteiger partial charge on any atom is -0.506 e. The van der Waals surface area contributed by atoms with Crippen LogP contribution in [0.25, 0.3) is 10.8 Å². The molecular weight excluding hydrogens is 530 g/mol. The van der Waals surface area contributed by atoms with Gasteiger partial charge in [-0.25, -0.2) is 4.79 Å². The van der Waals surface area contributed by atoms with Crippen molar-refractivity contribution in [1.82, 2.24) is 0 Å². The molecule has 0 saturated carbocycles.